The molecule has 0 amide bonds. The molecule has 2 rings (SSSR count). The first-order valence-electron chi connectivity index (χ1n) is 6.87. The van der Waals surface area contributed by atoms with Gasteiger partial charge in [0, 0.05) is 30.7 Å². The molecule has 0 bridgehead atoms. The molecular formula is C14H23N3O2. The summed E-state index contributed by atoms with van der Waals surface area (Å²) in [6, 6.07) is 1.56. The lowest BCUT2D eigenvalue weighted by molar-refractivity contribution is 0.0779. The predicted molar refractivity (Wildman–Crippen MR) is 74.2 cm³/mol. The maximum atomic E-state index is 11.7. The summed E-state index contributed by atoms with van der Waals surface area (Å²) in [4.78, 5) is 19.1. The molecule has 0 saturated carbocycles. The van der Waals surface area contributed by atoms with Crippen LogP contribution in [-0.4, -0.2) is 28.7 Å². The first-order chi connectivity index (χ1) is 8.94. The van der Waals surface area contributed by atoms with E-state index in [0.29, 0.717) is 13.2 Å². The third-order valence-corrected chi connectivity index (χ3v) is 3.16. The summed E-state index contributed by atoms with van der Waals surface area (Å²) in [5, 5.41) is 3.35. The van der Waals surface area contributed by atoms with Crippen LogP contribution in [0.4, 0.5) is 0 Å². The lowest BCUT2D eigenvalue weighted by atomic mass is 10.0. The van der Waals surface area contributed by atoms with Crippen LogP contribution in [0.5, 0.6) is 0 Å². The highest BCUT2D eigenvalue weighted by Gasteiger charge is 2.19. The van der Waals surface area contributed by atoms with Gasteiger partial charge in [0.1, 0.15) is 5.82 Å². The Bertz CT molecular complexity index is 470. The van der Waals surface area contributed by atoms with Gasteiger partial charge in [-0.15, -0.1) is 0 Å². The number of aromatic nitrogens is 2. The van der Waals surface area contributed by atoms with Crippen molar-refractivity contribution in [3.63, 3.8) is 0 Å². The number of hydrogen-bond donors (Lipinski definition) is 2. The molecule has 19 heavy (non-hydrogen) atoms. The fourth-order valence-electron chi connectivity index (χ4n) is 2.12. The molecule has 2 heterocycles. The van der Waals surface area contributed by atoms with E-state index in [4.69, 9.17) is 4.74 Å². The van der Waals surface area contributed by atoms with Crippen molar-refractivity contribution in [1.29, 1.82) is 0 Å². The van der Waals surface area contributed by atoms with Crippen LogP contribution in [0.25, 0.3) is 0 Å². The van der Waals surface area contributed by atoms with Crippen molar-refractivity contribution < 1.29 is 4.74 Å². The van der Waals surface area contributed by atoms with Crippen LogP contribution >= 0.6 is 0 Å². The lowest BCUT2D eigenvalue weighted by Gasteiger charge is -2.22. The lowest BCUT2D eigenvalue weighted by Crippen LogP contribution is -2.36. The fraction of sp³-hybridized carbons (Fsp3) is 0.714. The van der Waals surface area contributed by atoms with E-state index >= 15 is 0 Å². The molecule has 1 unspecified atom stereocenters. The van der Waals surface area contributed by atoms with Crippen LogP contribution in [0, 0.1) is 0 Å². The minimum absolute atomic E-state index is 0.0123. The second kappa shape index (κ2) is 5.84. The Kier molecular flexibility index (Phi) is 4.37. The number of ether oxygens (including phenoxy) is 1. The predicted octanol–water partition coefficient (Wildman–Crippen LogP) is 1.55. The van der Waals surface area contributed by atoms with Gasteiger partial charge >= 0.3 is 0 Å². The van der Waals surface area contributed by atoms with Gasteiger partial charge in [-0.3, -0.25) is 4.79 Å². The average Bonchev–Trinajstić information content (AvgIpc) is 2.36. The molecule has 0 radical (unpaired) electrons. The molecule has 0 spiro atoms. The monoisotopic (exact) mass is 265 g/mol. The van der Waals surface area contributed by atoms with Gasteiger partial charge in [-0.05, 0) is 33.6 Å². The summed E-state index contributed by atoms with van der Waals surface area (Å²) in [5.74, 6) is 0.981. The van der Waals surface area contributed by atoms with Crippen molar-refractivity contribution >= 4 is 0 Å². The zero-order valence-corrected chi connectivity index (χ0v) is 12.0. The smallest absolute Gasteiger partial charge is 0.251 e. The van der Waals surface area contributed by atoms with Crippen LogP contribution in [-0.2, 0) is 11.3 Å². The first kappa shape index (κ1) is 14.2. The number of H-pyrrole nitrogens is 1. The van der Waals surface area contributed by atoms with Crippen molar-refractivity contribution in [1.82, 2.24) is 15.3 Å². The zero-order valence-electron chi connectivity index (χ0n) is 12.0. The molecule has 1 aromatic rings. The van der Waals surface area contributed by atoms with Crippen LogP contribution in [0.1, 0.15) is 51.0 Å². The summed E-state index contributed by atoms with van der Waals surface area (Å²) < 4.78 is 5.45. The third kappa shape index (κ3) is 4.44. The van der Waals surface area contributed by atoms with Crippen molar-refractivity contribution in [2.75, 3.05) is 13.2 Å². The van der Waals surface area contributed by atoms with Gasteiger partial charge in [0.05, 0.1) is 12.3 Å². The van der Waals surface area contributed by atoms with E-state index in [0.717, 1.165) is 31.0 Å². The fourth-order valence-corrected chi connectivity index (χ4v) is 2.12. The Balaban J connectivity index is 2.12. The molecule has 0 aliphatic carbocycles. The van der Waals surface area contributed by atoms with E-state index in [1.165, 1.54) is 0 Å². The SMILES string of the molecule is CC(C)(C)NCc1cc(=O)[nH]c(C2CCCOC2)n1. The minimum Gasteiger partial charge on any atom is -0.381 e. The normalized spacial score (nSPS) is 20.5. The largest absolute Gasteiger partial charge is 0.381 e. The van der Waals surface area contributed by atoms with E-state index in [-0.39, 0.29) is 17.0 Å². The molecule has 5 heteroatoms. The number of nitrogens with one attached hydrogen (secondary N) is 2. The van der Waals surface area contributed by atoms with Gasteiger partial charge in [0.2, 0.25) is 0 Å². The molecule has 1 aromatic heterocycles. The van der Waals surface area contributed by atoms with Crippen LogP contribution < -0.4 is 10.9 Å². The molecule has 5 nitrogen and oxygen atoms in total. The Morgan fingerprint density at radius 2 is 2.32 bits per heavy atom. The molecule has 1 aliphatic heterocycles. The average molecular weight is 265 g/mol. The summed E-state index contributed by atoms with van der Waals surface area (Å²) in [6.07, 6.45) is 2.05. The van der Waals surface area contributed by atoms with Gasteiger partial charge < -0.3 is 15.0 Å². The molecular weight excluding hydrogens is 242 g/mol. The maximum absolute atomic E-state index is 11.7. The molecule has 1 aliphatic rings. The summed E-state index contributed by atoms with van der Waals surface area (Å²) in [5.41, 5.74) is 0.721. The maximum Gasteiger partial charge on any atom is 0.251 e. The highest BCUT2D eigenvalue weighted by molar-refractivity contribution is 5.07. The highest BCUT2D eigenvalue weighted by Crippen LogP contribution is 2.21. The number of hydrogen-bond acceptors (Lipinski definition) is 4. The molecule has 0 aromatic carbocycles. The van der Waals surface area contributed by atoms with Gasteiger partial charge in [-0.25, -0.2) is 4.98 Å². The molecule has 1 saturated heterocycles. The van der Waals surface area contributed by atoms with Crippen LogP contribution in [0.3, 0.4) is 0 Å². The summed E-state index contributed by atoms with van der Waals surface area (Å²) >= 11 is 0. The Morgan fingerprint density at radius 3 is 2.95 bits per heavy atom. The molecule has 1 atom stereocenters. The van der Waals surface area contributed by atoms with E-state index in [2.05, 4.69) is 36.1 Å². The van der Waals surface area contributed by atoms with Crippen LogP contribution in [0.2, 0.25) is 0 Å². The topological polar surface area (TPSA) is 67.0 Å². The van der Waals surface area contributed by atoms with Crippen molar-refractivity contribution in [3.8, 4) is 0 Å². The van der Waals surface area contributed by atoms with Gasteiger partial charge in [-0.2, -0.15) is 0 Å². The van der Waals surface area contributed by atoms with E-state index in [1.54, 1.807) is 6.07 Å². The van der Waals surface area contributed by atoms with Gasteiger partial charge in [0.25, 0.3) is 5.56 Å². The Morgan fingerprint density at radius 1 is 1.53 bits per heavy atom. The van der Waals surface area contributed by atoms with Crippen molar-refractivity contribution in [3.05, 3.63) is 27.9 Å². The Hall–Kier alpha value is -1.20. The number of nitrogens with zero attached hydrogens (tertiary/aromatic N) is 1. The van der Waals surface area contributed by atoms with E-state index in [9.17, 15) is 4.79 Å². The quantitative estimate of drug-likeness (QED) is 0.870. The number of aromatic amines is 1. The zero-order chi connectivity index (χ0) is 13.9. The highest BCUT2D eigenvalue weighted by atomic mass is 16.5. The first-order valence-corrected chi connectivity index (χ1v) is 6.87. The van der Waals surface area contributed by atoms with E-state index < -0.39 is 0 Å². The third-order valence-electron chi connectivity index (χ3n) is 3.16. The van der Waals surface area contributed by atoms with Crippen molar-refractivity contribution in [2.24, 2.45) is 0 Å². The summed E-state index contributed by atoms with van der Waals surface area (Å²) in [7, 11) is 0. The molecule has 106 valence electrons. The van der Waals surface area contributed by atoms with E-state index in [1.807, 2.05) is 0 Å². The second-order valence-corrected chi connectivity index (χ2v) is 6.14. The van der Waals surface area contributed by atoms with Gasteiger partial charge in [-0.1, -0.05) is 0 Å². The minimum atomic E-state index is -0.0821. The van der Waals surface area contributed by atoms with Gasteiger partial charge in [0.15, 0.2) is 0 Å². The molecule has 1 fully saturated rings. The second-order valence-electron chi connectivity index (χ2n) is 6.14. The standard InChI is InChI=1S/C14H23N3O2/c1-14(2,3)15-8-11-7-12(18)17-13(16-11)10-5-4-6-19-9-10/h7,10,15H,4-6,8-9H2,1-3H3,(H,16,17,18). The van der Waals surface area contributed by atoms with Crippen LogP contribution in [0.15, 0.2) is 10.9 Å². The number of rotatable bonds is 3. The molecule has 2 N–H and O–H groups in total. The summed E-state index contributed by atoms with van der Waals surface area (Å²) in [6.45, 7) is 8.35. The van der Waals surface area contributed by atoms with Crippen molar-refractivity contribution in [2.45, 2.75) is 51.6 Å². The Labute approximate surface area is 113 Å².